The van der Waals surface area contributed by atoms with Gasteiger partial charge in [0.15, 0.2) is 0 Å². The summed E-state index contributed by atoms with van der Waals surface area (Å²) in [5.74, 6) is -1.86. The molecule has 0 radical (unpaired) electrons. The average molecular weight is 465 g/mol. The van der Waals surface area contributed by atoms with Gasteiger partial charge in [-0.3, -0.25) is 14.4 Å². The van der Waals surface area contributed by atoms with E-state index >= 15 is 0 Å². The number of carboxylic acid groups (broad SMARTS) is 1. The van der Waals surface area contributed by atoms with Gasteiger partial charge in [-0.25, -0.2) is 4.79 Å². The minimum absolute atomic E-state index is 0.285. The third-order valence-electron chi connectivity index (χ3n) is 5.43. The Kier molecular flexibility index (Phi) is 9.98. The molecule has 1 saturated heterocycles. The zero-order valence-corrected chi connectivity index (χ0v) is 19.3. The molecule has 4 unspecified atom stereocenters. The quantitative estimate of drug-likeness (QED) is 0.371. The highest BCUT2D eigenvalue weighted by molar-refractivity contribution is 7.98. The summed E-state index contributed by atoms with van der Waals surface area (Å²) in [4.78, 5) is 50.9. The lowest BCUT2D eigenvalue weighted by atomic mass is 10.1. The Hall–Kier alpha value is -2.59. The predicted molar refractivity (Wildman–Crippen MR) is 123 cm³/mol. The molecule has 5 N–H and O–H groups in total. The summed E-state index contributed by atoms with van der Waals surface area (Å²) < 4.78 is 0. The number of thioether (sulfide) groups is 1. The molecule has 2 rings (SSSR count). The minimum atomic E-state index is -1.12. The van der Waals surface area contributed by atoms with Crippen molar-refractivity contribution >= 4 is 35.5 Å². The zero-order valence-electron chi connectivity index (χ0n) is 18.5. The number of carbonyl (C=O) groups is 4. The van der Waals surface area contributed by atoms with Crippen LogP contribution in [0, 0.1) is 0 Å². The fourth-order valence-corrected chi connectivity index (χ4v) is 4.11. The van der Waals surface area contributed by atoms with Crippen molar-refractivity contribution in [1.29, 1.82) is 0 Å². The molecule has 1 fully saturated rings. The van der Waals surface area contributed by atoms with E-state index in [1.165, 1.54) is 23.6 Å². The molecule has 0 aromatic heterocycles. The van der Waals surface area contributed by atoms with Crippen molar-refractivity contribution in [2.45, 2.75) is 56.8 Å². The molecule has 0 bridgehead atoms. The fraction of sp³-hybridized carbons (Fsp3) is 0.545. The van der Waals surface area contributed by atoms with Crippen LogP contribution in [0.1, 0.15) is 31.7 Å². The molecular weight excluding hydrogens is 432 g/mol. The van der Waals surface area contributed by atoms with Crippen LogP contribution < -0.4 is 16.4 Å². The zero-order chi connectivity index (χ0) is 23.7. The van der Waals surface area contributed by atoms with Crippen molar-refractivity contribution in [2.24, 2.45) is 5.73 Å². The van der Waals surface area contributed by atoms with Gasteiger partial charge >= 0.3 is 5.97 Å². The molecule has 1 aliphatic rings. The normalized spacial score (nSPS) is 18.5. The molecule has 1 heterocycles. The molecule has 0 saturated carbocycles. The number of amides is 3. The maximum Gasteiger partial charge on any atom is 0.326 e. The maximum absolute atomic E-state index is 12.9. The van der Waals surface area contributed by atoms with Gasteiger partial charge in [0.2, 0.25) is 17.7 Å². The van der Waals surface area contributed by atoms with Crippen LogP contribution >= 0.6 is 11.8 Å². The largest absolute Gasteiger partial charge is 0.480 e. The van der Waals surface area contributed by atoms with Crippen molar-refractivity contribution in [3.8, 4) is 0 Å². The standard InChI is InChI=1S/C22H32N4O5S/c1-14(19(27)25-17(22(30)31)10-12-32-2)24-20(28)18-9-6-11-26(18)21(29)16(23)13-15-7-4-3-5-8-15/h3-5,7-8,14,16-18H,6,9-13,23H2,1-2H3,(H,24,28)(H,25,27)(H,30,31). The van der Waals surface area contributed by atoms with Gasteiger partial charge in [0, 0.05) is 6.54 Å². The monoisotopic (exact) mass is 464 g/mol. The molecule has 1 aromatic rings. The first-order valence-corrected chi connectivity index (χ1v) is 12.1. The van der Waals surface area contributed by atoms with E-state index in [1.807, 2.05) is 36.6 Å². The second kappa shape index (κ2) is 12.4. The lowest BCUT2D eigenvalue weighted by molar-refractivity contribution is -0.143. The van der Waals surface area contributed by atoms with Gasteiger partial charge in [0.1, 0.15) is 18.1 Å². The first-order valence-electron chi connectivity index (χ1n) is 10.7. The molecule has 10 heteroatoms. The van der Waals surface area contributed by atoms with Crippen LogP contribution in [0.25, 0.3) is 0 Å². The van der Waals surface area contributed by atoms with E-state index in [0.717, 1.165) is 5.56 Å². The van der Waals surface area contributed by atoms with Crippen LogP contribution in [0.4, 0.5) is 0 Å². The third-order valence-corrected chi connectivity index (χ3v) is 6.08. The first-order chi connectivity index (χ1) is 15.2. The number of hydrogen-bond acceptors (Lipinski definition) is 6. The lowest BCUT2D eigenvalue weighted by Crippen LogP contribution is -2.56. The Labute approximate surface area is 192 Å². The number of aliphatic carboxylic acids is 1. The highest BCUT2D eigenvalue weighted by atomic mass is 32.2. The van der Waals surface area contributed by atoms with Crippen LogP contribution in [0.2, 0.25) is 0 Å². The van der Waals surface area contributed by atoms with Gasteiger partial charge < -0.3 is 26.4 Å². The minimum Gasteiger partial charge on any atom is -0.480 e. The van der Waals surface area contributed by atoms with Gasteiger partial charge in [-0.15, -0.1) is 0 Å². The first kappa shape index (κ1) is 25.7. The maximum atomic E-state index is 12.9. The Morgan fingerprint density at radius 1 is 1.22 bits per heavy atom. The number of nitrogens with two attached hydrogens (primary N) is 1. The molecule has 9 nitrogen and oxygen atoms in total. The van der Waals surface area contributed by atoms with Crippen molar-refractivity contribution < 1.29 is 24.3 Å². The Morgan fingerprint density at radius 3 is 2.53 bits per heavy atom. The van der Waals surface area contributed by atoms with Crippen LogP contribution in [-0.2, 0) is 25.6 Å². The Balaban J connectivity index is 1.93. The number of benzene rings is 1. The van der Waals surface area contributed by atoms with Crippen LogP contribution in [0.3, 0.4) is 0 Å². The Morgan fingerprint density at radius 2 is 1.91 bits per heavy atom. The number of hydrogen-bond donors (Lipinski definition) is 4. The molecule has 32 heavy (non-hydrogen) atoms. The van der Waals surface area contributed by atoms with E-state index in [2.05, 4.69) is 10.6 Å². The van der Waals surface area contributed by atoms with Gasteiger partial charge in [-0.2, -0.15) is 11.8 Å². The van der Waals surface area contributed by atoms with E-state index in [1.54, 1.807) is 0 Å². The highest BCUT2D eigenvalue weighted by Crippen LogP contribution is 2.19. The van der Waals surface area contributed by atoms with Crippen molar-refractivity contribution in [1.82, 2.24) is 15.5 Å². The molecule has 4 atom stereocenters. The van der Waals surface area contributed by atoms with E-state index in [9.17, 15) is 24.3 Å². The van der Waals surface area contributed by atoms with Crippen molar-refractivity contribution in [3.05, 3.63) is 35.9 Å². The molecule has 176 valence electrons. The summed E-state index contributed by atoms with van der Waals surface area (Å²) in [5, 5.41) is 14.3. The SMILES string of the molecule is CSCCC(NC(=O)C(C)NC(=O)C1CCCN1C(=O)C(N)Cc1ccccc1)C(=O)O. The molecule has 0 aliphatic carbocycles. The highest BCUT2D eigenvalue weighted by Gasteiger charge is 2.37. The summed E-state index contributed by atoms with van der Waals surface area (Å²) in [6.45, 7) is 1.92. The summed E-state index contributed by atoms with van der Waals surface area (Å²) in [6, 6.07) is 6.00. The van der Waals surface area contributed by atoms with Crippen molar-refractivity contribution in [2.75, 3.05) is 18.6 Å². The smallest absolute Gasteiger partial charge is 0.326 e. The van der Waals surface area contributed by atoms with Gasteiger partial charge in [-0.1, -0.05) is 30.3 Å². The van der Waals surface area contributed by atoms with Crippen molar-refractivity contribution in [3.63, 3.8) is 0 Å². The van der Waals surface area contributed by atoms with Gasteiger partial charge in [0.25, 0.3) is 0 Å². The third kappa shape index (κ3) is 7.23. The lowest BCUT2D eigenvalue weighted by Gasteiger charge is -2.28. The Bertz CT molecular complexity index is 807. The molecular formula is C22H32N4O5S. The molecule has 1 aromatic carbocycles. The molecule has 1 aliphatic heterocycles. The summed E-state index contributed by atoms with van der Waals surface area (Å²) in [6.07, 6.45) is 3.65. The number of carboxylic acids is 1. The second-order valence-corrected chi connectivity index (χ2v) is 8.88. The van der Waals surface area contributed by atoms with E-state index < -0.39 is 42.0 Å². The molecule has 3 amide bonds. The number of carbonyl (C=O) groups excluding carboxylic acids is 3. The summed E-state index contributed by atoms with van der Waals surface area (Å²) in [5.41, 5.74) is 7.06. The number of nitrogens with zero attached hydrogens (tertiary/aromatic N) is 1. The predicted octanol–water partition coefficient (Wildman–Crippen LogP) is 0.375. The van der Waals surface area contributed by atoms with Crippen LogP contribution in [0.15, 0.2) is 30.3 Å². The second-order valence-electron chi connectivity index (χ2n) is 7.90. The van der Waals surface area contributed by atoms with Gasteiger partial charge in [-0.05, 0) is 50.2 Å². The van der Waals surface area contributed by atoms with E-state index in [0.29, 0.717) is 31.6 Å². The average Bonchev–Trinajstić information content (AvgIpc) is 3.26. The molecule has 0 spiro atoms. The van der Waals surface area contributed by atoms with E-state index in [4.69, 9.17) is 5.73 Å². The number of likely N-dealkylation sites (tertiary alicyclic amines) is 1. The summed E-state index contributed by atoms with van der Waals surface area (Å²) >= 11 is 1.48. The topological polar surface area (TPSA) is 142 Å². The number of rotatable bonds is 11. The number of nitrogens with one attached hydrogen (secondary N) is 2. The summed E-state index contributed by atoms with van der Waals surface area (Å²) in [7, 11) is 0. The van der Waals surface area contributed by atoms with Crippen LogP contribution in [0.5, 0.6) is 0 Å². The van der Waals surface area contributed by atoms with Crippen LogP contribution in [-0.4, -0.2) is 76.4 Å². The fourth-order valence-electron chi connectivity index (χ4n) is 3.64. The van der Waals surface area contributed by atoms with E-state index in [-0.39, 0.29) is 12.3 Å². The van der Waals surface area contributed by atoms with Gasteiger partial charge in [0.05, 0.1) is 6.04 Å².